The van der Waals surface area contributed by atoms with E-state index < -0.39 is 5.82 Å². The van der Waals surface area contributed by atoms with Crippen molar-refractivity contribution < 1.29 is 14.3 Å². The summed E-state index contributed by atoms with van der Waals surface area (Å²) in [7, 11) is 3.85. The average molecular weight is 278 g/mol. The molecule has 4 nitrogen and oxygen atoms in total. The zero-order valence-electron chi connectivity index (χ0n) is 11.9. The lowest BCUT2D eigenvalue weighted by molar-refractivity contribution is 0.0943. The van der Waals surface area contributed by atoms with Gasteiger partial charge in [-0.2, -0.15) is 0 Å². The van der Waals surface area contributed by atoms with Gasteiger partial charge in [0.1, 0.15) is 12.4 Å². The summed E-state index contributed by atoms with van der Waals surface area (Å²) in [4.78, 5) is 14.1. The van der Waals surface area contributed by atoms with Gasteiger partial charge in [0, 0.05) is 18.2 Å². The largest absolute Gasteiger partial charge is 0.384 e. The highest BCUT2D eigenvalue weighted by Crippen LogP contribution is 2.10. The number of carbonyl (C=O) groups excluding carboxylic acids is 1. The summed E-state index contributed by atoms with van der Waals surface area (Å²) in [6, 6.07) is 3.99. The minimum atomic E-state index is -0.467. The lowest BCUT2D eigenvalue weighted by Crippen LogP contribution is -2.38. The maximum Gasteiger partial charge on any atom is 0.252 e. The van der Waals surface area contributed by atoms with Crippen molar-refractivity contribution in [3.05, 3.63) is 35.1 Å². The van der Waals surface area contributed by atoms with Gasteiger partial charge in [0.05, 0.1) is 5.56 Å². The van der Waals surface area contributed by atoms with E-state index in [1.807, 2.05) is 25.9 Å². The molecule has 0 aliphatic rings. The first kappa shape index (κ1) is 16.2. The number of rotatable bonds is 4. The molecule has 0 spiro atoms. The average Bonchev–Trinajstić information content (AvgIpc) is 2.42. The molecule has 1 atom stereocenters. The van der Waals surface area contributed by atoms with Gasteiger partial charge in [0.15, 0.2) is 0 Å². The van der Waals surface area contributed by atoms with Crippen LogP contribution in [0.5, 0.6) is 0 Å². The van der Waals surface area contributed by atoms with Crippen LogP contribution in [0.15, 0.2) is 18.2 Å². The van der Waals surface area contributed by atoms with Crippen molar-refractivity contribution >= 4 is 5.91 Å². The highest BCUT2D eigenvalue weighted by Gasteiger charge is 2.13. The van der Waals surface area contributed by atoms with Crippen molar-refractivity contribution in [1.82, 2.24) is 10.2 Å². The van der Waals surface area contributed by atoms with E-state index >= 15 is 0 Å². The lowest BCUT2D eigenvalue weighted by atomic mass is 10.1. The van der Waals surface area contributed by atoms with E-state index in [9.17, 15) is 9.18 Å². The summed E-state index contributed by atoms with van der Waals surface area (Å²) in [6.45, 7) is 2.13. The molecule has 1 aromatic carbocycles. The molecule has 0 saturated carbocycles. The fourth-order valence-corrected chi connectivity index (χ4v) is 1.47. The Balaban J connectivity index is 2.87. The number of halogens is 1. The van der Waals surface area contributed by atoms with E-state index in [4.69, 9.17) is 5.11 Å². The zero-order valence-corrected chi connectivity index (χ0v) is 11.9. The molecule has 0 fully saturated rings. The first-order valence-electron chi connectivity index (χ1n) is 6.29. The normalized spacial score (nSPS) is 11.7. The number of aliphatic hydroxyl groups excluding tert-OH is 1. The third-order valence-corrected chi connectivity index (χ3v) is 2.97. The zero-order chi connectivity index (χ0) is 15.1. The van der Waals surface area contributed by atoms with Crippen molar-refractivity contribution in [2.24, 2.45) is 0 Å². The molecule has 0 aromatic heterocycles. The van der Waals surface area contributed by atoms with E-state index in [1.54, 1.807) is 0 Å². The molecule has 5 heteroatoms. The van der Waals surface area contributed by atoms with Crippen LogP contribution in [0.25, 0.3) is 0 Å². The summed E-state index contributed by atoms with van der Waals surface area (Å²) in [5.41, 5.74) is 0.576. The number of carbonyl (C=O) groups is 1. The third-order valence-electron chi connectivity index (χ3n) is 2.97. The Morgan fingerprint density at radius 3 is 2.80 bits per heavy atom. The van der Waals surface area contributed by atoms with Crippen LogP contribution < -0.4 is 5.32 Å². The molecule has 1 rings (SSSR count). The minimum absolute atomic E-state index is 0.186. The SMILES string of the molecule is CC(CNC(=O)c1ccc(F)cc1C#CCO)N(C)C. The van der Waals surface area contributed by atoms with Crippen molar-refractivity contribution in [2.45, 2.75) is 13.0 Å². The molecular formula is C15H19FN2O2. The predicted octanol–water partition coefficient (Wildman–Crippen LogP) is 0.849. The van der Waals surface area contributed by atoms with Crippen LogP contribution in [0, 0.1) is 17.7 Å². The van der Waals surface area contributed by atoms with E-state index in [0.717, 1.165) is 0 Å². The highest BCUT2D eigenvalue weighted by molar-refractivity contribution is 5.96. The van der Waals surface area contributed by atoms with Gasteiger partial charge in [-0.3, -0.25) is 4.79 Å². The number of benzene rings is 1. The number of hydrogen-bond donors (Lipinski definition) is 2. The van der Waals surface area contributed by atoms with Gasteiger partial charge < -0.3 is 15.3 Å². The summed E-state index contributed by atoms with van der Waals surface area (Å²) in [5, 5.41) is 11.5. The first-order valence-corrected chi connectivity index (χ1v) is 6.29. The molecule has 1 amide bonds. The van der Waals surface area contributed by atoms with Crippen LogP contribution in [-0.2, 0) is 0 Å². The molecule has 0 aliphatic heterocycles. The Kier molecular flexibility index (Phi) is 6.16. The Morgan fingerprint density at radius 2 is 2.20 bits per heavy atom. The number of aliphatic hydroxyl groups is 1. The minimum Gasteiger partial charge on any atom is -0.384 e. The maximum absolute atomic E-state index is 13.2. The topological polar surface area (TPSA) is 52.6 Å². The van der Waals surface area contributed by atoms with Crippen molar-refractivity contribution in [3.8, 4) is 11.8 Å². The van der Waals surface area contributed by atoms with E-state index in [1.165, 1.54) is 18.2 Å². The van der Waals surface area contributed by atoms with Gasteiger partial charge >= 0.3 is 0 Å². The van der Waals surface area contributed by atoms with Crippen molar-refractivity contribution in [2.75, 3.05) is 27.2 Å². The highest BCUT2D eigenvalue weighted by atomic mass is 19.1. The fraction of sp³-hybridized carbons (Fsp3) is 0.400. The molecule has 0 aliphatic carbocycles. The molecule has 1 aromatic rings. The van der Waals surface area contributed by atoms with Crippen molar-refractivity contribution in [3.63, 3.8) is 0 Å². The standard InChI is InChI=1S/C15H19FN2O2/c1-11(18(2)3)10-17-15(20)14-7-6-13(16)9-12(14)5-4-8-19/h6-7,9,11,19H,8,10H2,1-3H3,(H,17,20). The van der Waals surface area contributed by atoms with Crippen LogP contribution in [-0.4, -0.2) is 49.2 Å². The van der Waals surface area contributed by atoms with Gasteiger partial charge in [-0.15, -0.1) is 0 Å². The van der Waals surface area contributed by atoms with E-state index in [-0.39, 0.29) is 24.1 Å². The summed E-state index contributed by atoms with van der Waals surface area (Å²) in [6.07, 6.45) is 0. The molecule has 0 saturated heterocycles. The van der Waals surface area contributed by atoms with Crippen molar-refractivity contribution in [1.29, 1.82) is 0 Å². The van der Waals surface area contributed by atoms with E-state index in [2.05, 4.69) is 17.2 Å². The first-order chi connectivity index (χ1) is 9.45. The van der Waals surface area contributed by atoms with Crippen LogP contribution in [0.3, 0.4) is 0 Å². The van der Waals surface area contributed by atoms with Gasteiger partial charge in [0.25, 0.3) is 5.91 Å². The number of nitrogens with one attached hydrogen (secondary N) is 1. The van der Waals surface area contributed by atoms with Crippen LogP contribution in [0.1, 0.15) is 22.8 Å². The second kappa shape index (κ2) is 7.63. The van der Waals surface area contributed by atoms with Crippen LogP contribution >= 0.6 is 0 Å². The van der Waals surface area contributed by atoms with Gasteiger partial charge in [-0.05, 0) is 39.2 Å². The summed E-state index contributed by atoms with van der Waals surface area (Å²) < 4.78 is 13.2. The Hall–Kier alpha value is -1.90. The molecule has 1 unspecified atom stereocenters. The third kappa shape index (κ3) is 4.65. The molecule has 0 heterocycles. The van der Waals surface area contributed by atoms with Crippen LogP contribution in [0.2, 0.25) is 0 Å². The molecule has 0 bridgehead atoms. The van der Waals surface area contributed by atoms with Crippen LogP contribution in [0.4, 0.5) is 4.39 Å². The number of amides is 1. The Bertz CT molecular complexity index is 532. The predicted molar refractivity (Wildman–Crippen MR) is 75.8 cm³/mol. The molecule has 0 radical (unpaired) electrons. The fourth-order valence-electron chi connectivity index (χ4n) is 1.47. The van der Waals surface area contributed by atoms with Gasteiger partial charge in [-0.1, -0.05) is 11.8 Å². The molecule has 2 N–H and O–H groups in total. The smallest absolute Gasteiger partial charge is 0.252 e. The quantitative estimate of drug-likeness (QED) is 0.803. The van der Waals surface area contributed by atoms with E-state index in [0.29, 0.717) is 12.1 Å². The Morgan fingerprint density at radius 1 is 1.50 bits per heavy atom. The molecular weight excluding hydrogens is 259 g/mol. The van der Waals surface area contributed by atoms with Gasteiger partial charge in [-0.25, -0.2) is 4.39 Å². The Labute approximate surface area is 118 Å². The second-order valence-electron chi connectivity index (χ2n) is 4.67. The number of hydrogen-bond acceptors (Lipinski definition) is 3. The second-order valence-corrected chi connectivity index (χ2v) is 4.67. The number of likely N-dealkylation sites (N-methyl/N-ethyl adjacent to an activating group) is 1. The molecule has 20 heavy (non-hydrogen) atoms. The monoisotopic (exact) mass is 278 g/mol. The molecule has 108 valence electrons. The number of nitrogens with zero attached hydrogens (tertiary/aromatic N) is 1. The summed E-state index contributed by atoms with van der Waals surface area (Å²) in [5.74, 6) is 4.23. The lowest BCUT2D eigenvalue weighted by Gasteiger charge is -2.20. The summed E-state index contributed by atoms with van der Waals surface area (Å²) >= 11 is 0. The van der Waals surface area contributed by atoms with Gasteiger partial charge in [0.2, 0.25) is 0 Å². The maximum atomic E-state index is 13.2.